The Labute approximate surface area is 114 Å². The number of hydrogen-bond donors (Lipinski definition) is 1. The van der Waals surface area contributed by atoms with Gasteiger partial charge in [0.2, 0.25) is 5.91 Å². The lowest BCUT2D eigenvalue weighted by molar-refractivity contribution is -0.118. The number of pyridine rings is 1. The van der Waals surface area contributed by atoms with Crippen molar-refractivity contribution in [1.82, 2.24) is 9.88 Å². The highest BCUT2D eigenvalue weighted by molar-refractivity contribution is 5.91. The van der Waals surface area contributed by atoms with E-state index in [4.69, 9.17) is 0 Å². The lowest BCUT2D eigenvalue weighted by atomic mass is 10.2. The van der Waals surface area contributed by atoms with Crippen molar-refractivity contribution in [3.05, 3.63) is 18.3 Å². The van der Waals surface area contributed by atoms with Crippen molar-refractivity contribution in [3.63, 3.8) is 0 Å². The van der Waals surface area contributed by atoms with Crippen molar-refractivity contribution in [1.29, 1.82) is 0 Å². The average molecular weight is 262 g/mol. The molecule has 0 aromatic carbocycles. The number of nitrogens with zero attached hydrogens (tertiary/aromatic N) is 3. The monoisotopic (exact) mass is 262 g/mol. The summed E-state index contributed by atoms with van der Waals surface area (Å²) in [7, 11) is 2.13. The number of carbonyl (C=O) groups is 1. The summed E-state index contributed by atoms with van der Waals surface area (Å²) in [6, 6.07) is 3.89. The van der Waals surface area contributed by atoms with E-state index in [0.29, 0.717) is 0 Å². The Morgan fingerprint density at radius 3 is 2.47 bits per heavy atom. The first-order valence-corrected chi connectivity index (χ1v) is 6.76. The SMILES string of the molecule is CC(C)C(=O)Nc1ccc(N2CCN(C)CC2)nc1. The summed E-state index contributed by atoms with van der Waals surface area (Å²) in [4.78, 5) is 20.6. The number of piperazine rings is 1. The van der Waals surface area contributed by atoms with Crippen LogP contribution in [0.3, 0.4) is 0 Å². The standard InChI is InChI=1S/C14H22N4O/c1-11(2)14(19)16-12-4-5-13(15-10-12)18-8-6-17(3)7-9-18/h4-5,10-11H,6-9H2,1-3H3,(H,16,19). The number of hydrogen-bond acceptors (Lipinski definition) is 4. The average Bonchev–Trinajstić information content (AvgIpc) is 2.40. The molecular weight excluding hydrogens is 240 g/mol. The van der Waals surface area contributed by atoms with Crippen molar-refractivity contribution < 1.29 is 4.79 Å². The van der Waals surface area contributed by atoms with Crippen LogP contribution in [0, 0.1) is 5.92 Å². The molecule has 2 heterocycles. The molecule has 1 aliphatic rings. The molecule has 1 amide bonds. The molecule has 1 N–H and O–H groups in total. The second-order valence-corrected chi connectivity index (χ2v) is 5.34. The van der Waals surface area contributed by atoms with Crippen molar-refractivity contribution in [2.75, 3.05) is 43.4 Å². The molecule has 19 heavy (non-hydrogen) atoms. The van der Waals surface area contributed by atoms with Gasteiger partial charge in [0.05, 0.1) is 11.9 Å². The van der Waals surface area contributed by atoms with Gasteiger partial charge < -0.3 is 15.1 Å². The third-order valence-electron chi connectivity index (χ3n) is 3.37. The van der Waals surface area contributed by atoms with E-state index in [1.54, 1.807) is 6.20 Å². The molecule has 1 aromatic rings. The summed E-state index contributed by atoms with van der Waals surface area (Å²) in [6.45, 7) is 7.88. The van der Waals surface area contributed by atoms with Crippen molar-refractivity contribution >= 4 is 17.4 Å². The zero-order valence-electron chi connectivity index (χ0n) is 11.9. The molecule has 0 atom stereocenters. The number of amides is 1. The number of anilines is 2. The number of carbonyl (C=O) groups excluding carboxylic acids is 1. The van der Waals surface area contributed by atoms with Gasteiger partial charge in [0.1, 0.15) is 5.82 Å². The van der Waals surface area contributed by atoms with E-state index in [0.717, 1.165) is 37.7 Å². The molecule has 2 rings (SSSR count). The van der Waals surface area contributed by atoms with Crippen LogP contribution in [0.15, 0.2) is 18.3 Å². The Balaban J connectivity index is 1.96. The molecule has 1 aromatic heterocycles. The van der Waals surface area contributed by atoms with Crippen LogP contribution in [0.25, 0.3) is 0 Å². The van der Waals surface area contributed by atoms with Gasteiger partial charge in [-0.05, 0) is 19.2 Å². The van der Waals surface area contributed by atoms with Crippen LogP contribution in [-0.4, -0.2) is 49.0 Å². The molecule has 104 valence electrons. The minimum atomic E-state index is -0.0164. The van der Waals surface area contributed by atoms with E-state index in [1.165, 1.54) is 0 Å². The highest BCUT2D eigenvalue weighted by Gasteiger charge is 2.15. The number of aromatic nitrogens is 1. The summed E-state index contributed by atoms with van der Waals surface area (Å²) in [5, 5.41) is 2.85. The van der Waals surface area contributed by atoms with Crippen LogP contribution in [0.4, 0.5) is 11.5 Å². The van der Waals surface area contributed by atoms with Gasteiger partial charge in [0, 0.05) is 32.1 Å². The third-order valence-corrected chi connectivity index (χ3v) is 3.37. The molecule has 0 aliphatic carbocycles. The first-order valence-electron chi connectivity index (χ1n) is 6.76. The third kappa shape index (κ3) is 3.67. The minimum absolute atomic E-state index is 0.0164. The molecule has 0 unspecified atom stereocenters. The van der Waals surface area contributed by atoms with Gasteiger partial charge in [-0.15, -0.1) is 0 Å². The molecule has 1 saturated heterocycles. The molecule has 0 spiro atoms. The van der Waals surface area contributed by atoms with Gasteiger partial charge >= 0.3 is 0 Å². The molecule has 5 heteroatoms. The number of nitrogens with one attached hydrogen (secondary N) is 1. The van der Waals surface area contributed by atoms with Gasteiger partial charge in [0.15, 0.2) is 0 Å². The first kappa shape index (κ1) is 13.8. The Morgan fingerprint density at radius 1 is 1.26 bits per heavy atom. The highest BCUT2D eigenvalue weighted by atomic mass is 16.1. The van der Waals surface area contributed by atoms with Gasteiger partial charge in [-0.1, -0.05) is 13.8 Å². The molecule has 0 radical (unpaired) electrons. The fraction of sp³-hybridized carbons (Fsp3) is 0.571. The molecular formula is C14H22N4O. The van der Waals surface area contributed by atoms with Gasteiger partial charge in [-0.3, -0.25) is 4.79 Å². The van der Waals surface area contributed by atoms with Crippen LogP contribution in [0.5, 0.6) is 0 Å². The van der Waals surface area contributed by atoms with Crippen LogP contribution in [0.1, 0.15) is 13.8 Å². The maximum absolute atomic E-state index is 11.6. The van der Waals surface area contributed by atoms with Crippen molar-refractivity contribution in [3.8, 4) is 0 Å². The van der Waals surface area contributed by atoms with Gasteiger partial charge in [-0.25, -0.2) is 4.98 Å². The summed E-state index contributed by atoms with van der Waals surface area (Å²) in [5.74, 6) is 0.988. The van der Waals surface area contributed by atoms with Crippen LogP contribution >= 0.6 is 0 Å². The predicted octanol–water partition coefficient (Wildman–Crippen LogP) is 1.43. The van der Waals surface area contributed by atoms with E-state index in [-0.39, 0.29) is 11.8 Å². The number of likely N-dealkylation sites (N-methyl/N-ethyl adjacent to an activating group) is 1. The highest BCUT2D eigenvalue weighted by Crippen LogP contribution is 2.16. The smallest absolute Gasteiger partial charge is 0.226 e. The first-order chi connectivity index (χ1) is 9.06. The maximum atomic E-state index is 11.6. The van der Waals surface area contributed by atoms with Gasteiger partial charge in [0.25, 0.3) is 0 Å². The van der Waals surface area contributed by atoms with Crippen molar-refractivity contribution in [2.24, 2.45) is 5.92 Å². The van der Waals surface area contributed by atoms with E-state index in [9.17, 15) is 4.79 Å². The molecule has 1 aliphatic heterocycles. The fourth-order valence-corrected chi connectivity index (χ4v) is 1.97. The summed E-state index contributed by atoms with van der Waals surface area (Å²) < 4.78 is 0. The van der Waals surface area contributed by atoms with Gasteiger partial charge in [-0.2, -0.15) is 0 Å². The Morgan fingerprint density at radius 2 is 1.95 bits per heavy atom. The predicted molar refractivity (Wildman–Crippen MR) is 77.4 cm³/mol. The Hall–Kier alpha value is -1.62. The molecule has 5 nitrogen and oxygen atoms in total. The number of rotatable bonds is 3. The van der Waals surface area contributed by atoms with E-state index in [1.807, 2.05) is 26.0 Å². The summed E-state index contributed by atoms with van der Waals surface area (Å²) in [5.41, 5.74) is 0.761. The van der Waals surface area contributed by atoms with E-state index >= 15 is 0 Å². The maximum Gasteiger partial charge on any atom is 0.226 e. The lowest BCUT2D eigenvalue weighted by Crippen LogP contribution is -2.44. The van der Waals surface area contributed by atoms with Crippen LogP contribution in [0.2, 0.25) is 0 Å². The second-order valence-electron chi connectivity index (χ2n) is 5.34. The second kappa shape index (κ2) is 6.02. The topological polar surface area (TPSA) is 48.5 Å². The van der Waals surface area contributed by atoms with E-state index in [2.05, 4.69) is 27.1 Å². The molecule has 0 bridgehead atoms. The van der Waals surface area contributed by atoms with Crippen molar-refractivity contribution in [2.45, 2.75) is 13.8 Å². The molecule has 0 saturated carbocycles. The summed E-state index contributed by atoms with van der Waals surface area (Å²) >= 11 is 0. The molecule has 1 fully saturated rings. The van der Waals surface area contributed by atoms with Crippen LogP contribution < -0.4 is 10.2 Å². The van der Waals surface area contributed by atoms with E-state index < -0.39 is 0 Å². The Bertz CT molecular complexity index is 422. The zero-order valence-corrected chi connectivity index (χ0v) is 11.9. The normalized spacial score (nSPS) is 16.7. The minimum Gasteiger partial charge on any atom is -0.354 e. The zero-order chi connectivity index (χ0) is 13.8. The summed E-state index contributed by atoms with van der Waals surface area (Å²) in [6.07, 6.45) is 1.73. The Kier molecular flexibility index (Phi) is 4.37. The quantitative estimate of drug-likeness (QED) is 0.895. The van der Waals surface area contributed by atoms with Crippen LogP contribution in [-0.2, 0) is 4.79 Å². The largest absolute Gasteiger partial charge is 0.354 e. The fourth-order valence-electron chi connectivity index (χ4n) is 1.97. The lowest BCUT2D eigenvalue weighted by Gasteiger charge is -2.33.